The van der Waals surface area contributed by atoms with E-state index in [1.165, 1.54) is 5.56 Å². The van der Waals surface area contributed by atoms with E-state index in [0.717, 1.165) is 22.8 Å². The van der Waals surface area contributed by atoms with Crippen molar-refractivity contribution in [3.8, 4) is 0 Å². The number of benzene rings is 1. The molecule has 0 saturated heterocycles. The van der Waals surface area contributed by atoms with E-state index in [-0.39, 0.29) is 5.41 Å². The van der Waals surface area contributed by atoms with Crippen LogP contribution in [0.15, 0.2) is 34.5 Å². The molecule has 1 heterocycles. The Morgan fingerprint density at radius 3 is 2.11 bits per heavy atom. The van der Waals surface area contributed by atoms with E-state index < -0.39 is 0 Å². The number of nitrogens with zero attached hydrogens (tertiary/aromatic N) is 3. The zero-order valence-corrected chi connectivity index (χ0v) is 12.2. The molecule has 0 fully saturated rings. The summed E-state index contributed by atoms with van der Waals surface area (Å²) in [4.78, 5) is 0. The molecule has 1 aromatic heterocycles. The third-order valence-electron chi connectivity index (χ3n) is 3.09. The minimum absolute atomic E-state index is 0.160. The molecule has 4 heteroatoms. The monoisotopic (exact) mass is 256 g/mol. The van der Waals surface area contributed by atoms with Crippen LogP contribution < -0.4 is 0 Å². The average molecular weight is 256 g/mol. The van der Waals surface area contributed by atoms with Crippen molar-refractivity contribution in [3.05, 3.63) is 41.2 Å². The van der Waals surface area contributed by atoms with Gasteiger partial charge in [0.2, 0.25) is 0 Å². The summed E-state index contributed by atoms with van der Waals surface area (Å²) < 4.78 is 0. The largest absolute Gasteiger partial charge is 0.280 e. The lowest BCUT2D eigenvalue weighted by Crippen LogP contribution is -2.10. The fourth-order valence-corrected chi connectivity index (χ4v) is 1.83. The highest BCUT2D eigenvalue weighted by Crippen LogP contribution is 2.26. The van der Waals surface area contributed by atoms with Gasteiger partial charge in [-0.25, -0.2) is 0 Å². The van der Waals surface area contributed by atoms with Gasteiger partial charge in [0.15, 0.2) is 0 Å². The second-order valence-electron chi connectivity index (χ2n) is 5.78. The summed E-state index contributed by atoms with van der Waals surface area (Å²) in [5.41, 5.74) is 4.93. The van der Waals surface area contributed by atoms with Gasteiger partial charge in [-0.3, -0.25) is 5.10 Å². The van der Waals surface area contributed by atoms with Crippen molar-refractivity contribution in [2.24, 2.45) is 10.2 Å². The Morgan fingerprint density at radius 2 is 1.63 bits per heavy atom. The number of hydrogen-bond donors (Lipinski definition) is 1. The highest BCUT2D eigenvalue weighted by molar-refractivity contribution is 5.46. The van der Waals surface area contributed by atoms with E-state index >= 15 is 0 Å². The topological polar surface area (TPSA) is 53.4 Å². The zero-order chi connectivity index (χ0) is 14.0. The highest BCUT2D eigenvalue weighted by atomic mass is 15.2. The van der Waals surface area contributed by atoms with Gasteiger partial charge in [0.25, 0.3) is 0 Å². The van der Waals surface area contributed by atoms with Crippen molar-refractivity contribution in [2.45, 2.75) is 40.0 Å². The standard InChI is InChI=1S/C15H20N4/c1-10-14(11(2)17-16-10)19-18-13-8-6-12(7-9-13)15(3,4)5/h6-9H,1-5H3,(H,16,17)/b19-18+. The third kappa shape index (κ3) is 3.08. The second-order valence-corrected chi connectivity index (χ2v) is 5.78. The fraction of sp³-hybridized carbons (Fsp3) is 0.400. The van der Waals surface area contributed by atoms with Crippen molar-refractivity contribution in [2.75, 3.05) is 0 Å². The van der Waals surface area contributed by atoms with Crippen molar-refractivity contribution >= 4 is 11.4 Å². The van der Waals surface area contributed by atoms with Gasteiger partial charge >= 0.3 is 0 Å². The number of aryl methyl sites for hydroxylation is 2. The number of rotatable bonds is 2. The van der Waals surface area contributed by atoms with Gasteiger partial charge in [0, 0.05) is 0 Å². The lowest BCUT2D eigenvalue weighted by atomic mass is 9.87. The van der Waals surface area contributed by atoms with Gasteiger partial charge in [0.1, 0.15) is 5.69 Å². The first-order valence-corrected chi connectivity index (χ1v) is 6.42. The van der Waals surface area contributed by atoms with E-state index in [1.807, 2.05) is 26.0 Å². The summed E-state index contributed by atoms with van der Waals surface area (Å²) in [6, 6.07) is 8.19. The predicted octanol–water partition coefficient (Wildman–Crippen LogP) is 4.74. The third-order valence-corrected chi connectivity index (χ3v) is 3.09. The fourth-order valence-electron chi connectivity index (χ4n) is 1.83. The average Bonchev–Trinajstić information content (AvgIpc) is 2.66. The van der Waals surface area contributed by atoms with Crippen LogP contribution in [-0.2, 0) is 5.41 Å². The number of aromatic nitrogens is 2. The van der Waals surface area contributed by atoms with Crippen LogP contribution in [0.2, 0.25) is 0 Å². The maximum absolute atomic E-state index is 4.26. The molecule has 2 aromatic rings. The lowest BCUT2D eigenvalue weighted by Gasteiger charge is -2.18. The molecule has 1 aromatic carbocycles. The van der Waals surface area contributed by atoms with Gasteiger partial charge in [-0.2, -0.15) is 10.2 Å². The van der Waals surface area contributed by atoms with Gasteiger partial charge in [-0.1, -0.05) is 32.9 Å². The first-order valence-electron chi connectivity index (χ1n) is 6.42. The first kappa shape index (κ1) is 13.5. The Balaban J connectivity index is 2.21. The molecule has 0 atom stereocenters. The van der Waals surface area contributed by atoms with Gasteiger partial charge in [-0.15, -0.1) is 5.11 Å². The molecule has 1 N–H and O–H groups in total. The highest BCUT2D eigenvalue weighted by Gasteiger charge is 2.12. The van der Waals surface area contributed by atoms with E-state index in [1.54, 1.807) is 0 Å². The van der Waals surface area contributed by atoms with Crippen LogP contribution >= 0.6 is 0 Å². The molecular formula is C15H20N4. The molecule has 0 bridgehead atoms. The minimum atomic E-state index is 0.160. The van der Waals surface area contributed by atoms with Crippen LogP contribution in [0.25, 0.3) is 0 Å². The summed E-state index contributed by atoms with van der Waals surface area (Å²) in [6.07, 6.45) is 0. The van der Waals surface area contributed by atoms with Gasteiger partial charge in [0.05, 0.1) is 17.1 Å². The number of nitrogens with one attached hydrogen (secondary N) is 1. The van der Waals surface area contributed by atoms with Gasteiger partial charge < -0.3 is 0 Å². The lowest BCUT2D eigenvalue weighted by molar-refractivity contribution is 0.590. The Hall–Kier alpha value is -1.97. The van der Waals surface area contributed by atoms with E-state index in [2.05, 4.69) is 53.3 Å². The molecule has 0 spiro atoms. The van der Waals surface area contributed by atoms with Crippen molar-refractivity contribution < 1.29 is 0 Å². The summed E-state index contributed by atoms with van der Waals surface area (Å²) in [7, 11) is 0. The van der Waals surface area contributed by atoms with Crippen LogP contribution in [0.5, 0.6) is 0 Å². The summed E-state index contributed by atoms with van der Waals surface area (Å²) in [6.45, 7) is 10.4. The van der Waals surface area contributed by atoms with Crippen molar-refractivity contribution in [3.63, 3.8) is 0 Å². The Morgan fingerprint density at radius 1 is 1.00 bits per heavy atom. The number of H-pyrrole nitrogens is 1. The molecule has 0 aliphatic heterocycles. The van der Waals surface area contributed by atoms with E-state index in [4.69, 9.17) is 0 Å². The summed E-state index contributed by atoms with van der Waals surface area (Å²) in [5.74, 6) is 0. The Kier molecular flexibility index (Phi) is 3.51. The molecule has 0 aliphatic carbocycles. The molecule has 2 rings (SSSR count). The molecular weight excluding hydrogens is 236 g/mol. The zero-order valence-electron chi connectivity index (χ0n) is 12.2. The Bertz CT molecular complexity index is 566. The molecule has 4 nitrogen and oxygen atoms in total. The van der Waals surface area contributed by atoms with E-state index in [9.17, 15) is 0 Å². The maximum atomic E-state index is 4.26. The summed E-state index contributed by atoms with van der Waals surface area (Å²) >= 11 is 0. The van der Waals surface area contributed by atoms with Crippen molar-refractivity contribution in [1.82, 2.24) is 10.2 Å². The molecule has 0 aliphatic rings. The first-order chi connectivity index (χ1) is 8.88. The normalized spacial score (nSPS) is 12.3. The molecule has 0 saturated carbocycles. The van der Waals surface area contributed by atoms with Gasteiger partial charge in [-0.05, 0) is 37.0 Å². The molecule has 19 heavy (non-hydrogen) atoms. The molecule has 0 amide bonds. The quantitative estimate of drug-likeness (QED) is 0.775. The second kappa shape index (κ2) is 4.96. The van der Waals surface area contributed by atoms with Crippen LogP contribution in [0.4, 0.5) is 11.4 Å². The number of hydrogen-bond acceptors (Lipinski definition) is 3. The smallest absolute Gasteiger partial charge is 0.129 e. The van der Waals surface area contributed by atoms with Crippen LogP contribution in [-0.4, -0.2) is 10.2 Å². The number of aromatic amines is 1. The van der Waals surface area contributed by atoms with E-state index in [0.29, 0.717) is 0 Å². The minimum Gasteiger partial charge on any atom is -0.280 e. The summed E-state index contributed by atoms with van der Waals surface area (Å²) in [5, 5.41) is 15.5. The molecule has 100 valence electrons. The Labute approximate surface area is 114 Å². The molecule has 0 unspecified atom stereocenters. The SMILES string of the molecule is Cc1n[nH]c(C)c1/N=N/c1ccc(C(C)(C)C)cc1. The van der Waals surface area contributed by atoms with Crippen molar-refractivity contribution in [1.29, 1.82) is 0 Å². The number of azo groups is 1. The van der Waals surface area contributed by atoms with Crippen LogP contribution in [0, 0.1) is 13.8 Å². The van der Waals surface area contributed by atoms with Crippen LogP contribution in [0.3, 0.4) is 0 Å². The molecule has 0 radical (unpaired) electrons. The predicted molar refractivity (Wildman–Crippen MR) is 77.4 cm³/mol. The van der Waals surface area contributed by atoms with Crippen LogP contribution in [0.1, 0.15) is 37.7 Å². The maximum Gasteiger partial charge on any atom is 0.129 e.